The van der Waals surface area contributed by atoms with Gasteiger partial charge in [0.15, 0.2) is 0 Å². The number of nitrogens with zero attached hydrogens (tertiary/aromatic N) is 2. The molecule has 0 aliphatic carbocycles. The van der Waals surface area contributed by atoms with Crippen LogP contribution >= 0.6 is 0 Å². The van der Waals surface area contributed by atoms with Crippen molar-refractivity contribution in [3.8, 4) is 5.75 Å². The van der Waals surface area contributed by atoms with Gasteiger partial charge in [-0.25, -0.2) is 0 Å². The number of anilines is 1. The van der Waals surface area contributed by atoms with E-state index in [0.29, 0.717) is 12.1 Å². The van der Waals surface area contributed by atoms with Gasteiger partial charge >= 0.3 is 0 Å². The molecule has 1 fully saturated rings. The van der Waals surface area contributed by atoms with E-state index in [2.05, 4.69) is 33.3 Å². The minimum absolute atomic E-state index is 0.00197. The smallest absolute Gasteiger partial charge is 0.251 e. The molecule has 1 aromatic heterocycles. The topological polar surface area (TPSA) is 58.0 Å². The number of aryl methyl sites for hydroxylation is 2. The Hall–Kier alpha value is -3.25. The Balaban J connectivity index is 1.41. The Morgan fingerprint density at radius 3 is 2.31 bits per heavy atom. The van der Waals surface area contributed by atoms with Crippen LogP contribution < -0.4 is 15.0 Å². The average Bonchev–Trinajstić information content (AvgIpc) is 3.33. The number of piperazine rings is 1. The van der Waals surface area contributed by atoms with Crippen LogP contribution in [0.2, 0.25) is 0 Å². The molecule has 4 rings (SSSR count). The van der Waals surface area contributed by atoms with Crippen LogP contribution in [-0.2, 0) is 0 Å². The number of amides is 1. The van der Waals surface area contributed by atoms with Gasteiger partial charge in [-0.2, -0.15) is 0 Å². The Kier molecular flexibility index (Phi) is 6.81. The molecule has 168 valence electrons. The quantitative estimate of drug-likeness (QED) is 0.605. The summed E-state index contributed by atoms with van der Waals surface area (Å²) in [4.78, 5) is 17.6. The first-order valence-corrected chi connectivity index (χ1v) is 11.1. The molecule has 32 heavy (non-hydrogen) atoms. The van der Waals surface area contributed by atoms with E-state index in [0.717, 1.165) is 48.8 Å². The molecule has 1 aliphatic heterocycles. The molecule has 2 heterocycles. The third-order valence-corrected chi connectivity index (χ3v) is 6.00. The number of ether oxygens (including phenoxy) is 1. The van der Waals surface area contributed by atoms with Crippen LogP contribution in [0.25, 0.3) is 0 Å². The summed E-state index contributed by atoms with van der Waals surface area (Å²) in [5, 5.41) is 3.13. The third-order valence-electron chi connectivity index (χ3n) is 6.00. The van der Waals surface area contributed by atoms with E-state index < -0.39 is 0 Å². The summed E-state index contributed by atoms with van der Waals surface area (Å²) in [7, 11) is 1.68. The van der Waals surface area contributed by atoms with E-state index in [1.165, 1.54) is 5.69 Å². The Labute approximate surface area is 189 Å². The standard InChI is InChI=1S/C26H31N3O3/c1-19-15-20(2)17-21(16-19)26(30)27-18-24(25-5-4-14-32-25)29-12-10-28(11-13-29)22-6-8-23(31-3)9-7-22/h4-9,14-17,24H,10-13,18H2,1-3H3,(H,27,30). The minimum atomic E-state index is -0.0507. The van der Waals surface area contributed by atoms with Crippen LogP contribution in [0.5, 0.6) is 5.75 Å². The summed E-state index contributed by atoms with van der Waals surface area (Å²) >= 11 is 0. The fourth-order valence-corrected chi connectivity index (χ4v) is 4.37. The summed E-state index contributed by atoms with van der Waals surface area (Å²) in [5.41, 5.74) is 4.08. The van der Waals surface area contributed by atoms with Gasteiger partial charge in [0, 0.05) is 44.0 Å². The van der Waals surface area contributed by atoms with E-state index >= 15 is 0 Å². The highest BCUT2D eigenvalue weighted by Gasteiger charge is 2.27. The summed E-state index contributed by atoms with van der Waals surface area (Å²) in [5.74, 6) is 1.69. The lowest BCUT2D eigenvalue weighted by molar-refractivity contribution is 0.0922. The van der Waals surface area contributed by atoms with Gasteiger partial charge in [0.05, 0.1) is 19.4 Å². The maximum atomic E-state index is 12.8. The van der Waals surface area contributed by atoms with Crippen molar-refractivity contribution in [3.63, 3.8) is 0 Å². The second-order valence-corrected chi connectivity index (χ2v) is 8.34. The number of methoxy groups -OCH3 is 1. The Morgan fingerprint density at radius 1 is 1.03 bits per heavy atom. The molecule has 1 atom stereocenters. The minimum Gasteiger partial charge on any atom is -0.497 e. The first kappa shape index (κ1) is 22.0. The molecule has 3 aromatic rings. The van der Waals surface area contributed by atoms with Crippen LogP contribution in [0.15, 0.2) is 65.3 Å². The number of benzene rings is 2. The molecule has 1 saturated heterocycles. The molecule has 0 saturated carbocycles. The molecule has 1 amide bonds. The maximum Gasteiger partial charge on any atom is 0.251 e. The van der Waals surface area contributed by atoms with Gasteiger partial charge in [-0.05, 0) is 62.4 Å². The molecule has 0 spiro atoms. The van der Waals surface area contributed by atoms with Gasteiger partial charge in [0.1, 0.15) is 11.5 Å². The number of rotatable bonds is 7. The lowest BCUT2D eigenvalue weighted by atomic mass is 10.1. The average molecular weight is 434 g/mol. The lowest BCUT2D eigenvalue weighted by Crippen LogP contribution is -2.49. The molecule has 1 aliphatic rings. The predicted octanol–water partition coefficient (Wildman–Crippen LogP) is 4.20. The first-order valence-electron chi connectivity index (χ1n) is 11.1. The molecule has 1 unspecified atom stereocenters. The van der Waals surface area contributed by atoms with Crippen molar-refractivity contribution in [2.24, 2.45) is 0 Å². The lowest BCUT2D eigenvalue weighted by Gasteiger charge is -2.39. The summed E-state index contributed by atoms with van der Waals surface area (Å²) in [6.07, 6.45) is 1.70. The molecule has 0 radical (unpaired) electrons. The number of hydrogen-bond donors (Lipinski definition) is 1. The second kappa shape index (κ2) is 9.92. The van der Waals surface area contributed by atoms with Gasteiger partial charge in [-0.1, -0.05) is 17.2 Å². The van der Waals surface area contributed by atoms with Crippen LogP contribution in [0.1, 0.15) is 33.3 Å². The highest BCUT2D eigenvalue weighted by Crippen LogP contribution is 2.25. The summed E-state index contributed by atoms with van der Waals surface area (Å²) in [6.45, 7) is 8.12. The zero-order valence-electron chi connectivity index (χ0n) is 19.0. The Morgan fingerprint density at radius 2 is 1.72 bits per heavy atom. The molecule has 0 bridgehead atoms. The van der Waals surface area contributed by atoms with Gasteiger partial charge in [0.25, 0.3) is 5.91 Å². The van der Waals surface area contributed by atoms with E-state index in [1.54, 1.807) is 13.4 Å². The largest absolute Gasteiger partial charge is 0.497 e. The summed E-state index contributed by atoms with van der Waals surface area (Å²) in [6, 6.07) is 18.0. The zero-order chi connectivity index (χ0) is 22.5. The normalized spacial score (nSPS) is 15.4. The number of hydrogen-bond acceptors (Lipinski definition) is 5. The summed E-state index contributed by atoms with van der Waals surface area (Å²) < 4.78 is 11.0. The van der Waals surface area contributed by atoms with E-state index in [-0.39, 0.29) is 11.9 Å². The van der Waals surface area contributed by atoms with Crippen molar-refractivity contribution in [2.75, 3.05) is 44.7 Å². The van der Waals surface area contributed by atoms with E-state index in [1.807, 2.05) is 50.2 Å². The number of furan rings is 1. The third kappa shape index (κ3) is 5.14. The van der Waals surface area contributed by atoms with Crippen LogP contribution in [0.3, 0.4) is 0 Å². The number of nitrogens with one attached hydrogen (secondary N) is 1. The monoisotopic (exact) mass is 433 g/mol. The van der Waals surface area contributed by atoms with Crippen molar-refractivity contribution in [2.45, 2.75) is 19.9 Å². The highest BCUT2D eigenvalue weighted by molar-refractivity contribution is 5.94. The van der Waals surface area contributed by atoms with Crippen LogP contribution in [0.4, 0.5) is 5.69 Å². The van der Waals surface area contributed by atoms with Crippen LogP contribution in [-0.4, -0.2) is 50.6 Å². The predicted molar refractivity (Wildman–Crippen MR) is 126 cm³/mol. The molecule has 6 nitrogen and oxygen atoms in total. The fourth-order valence-electron chi connectivity index (χ4n) is 4.37. The molecular formula is C26H31N3O3. The van der Waals surface area contributed by atoms with Gasteiger partial charge in [-0.3, -0.25) is 9.69 Å². The van der Waals surface area contributed by atoms with Gasteiger partial charge in [-0.15, -0.1) is 0 Å². The number of carbonyl (C=O) groups is 1. The zero-order valence-corrected chi connectivity index (χ0v) is 19.0. The van der Waals surface area contributed by atoms with Crippen molar-refractivity contribution >= 4 is 11.6 Å². The van der Waals surface area contributed by atoms with Crippen molar-refractivity contribution in [3.05, 3.63) is 83.3 Å². The van der Waals surface area contributed by atoms with Gasteiger partial charge < -0.3 is 19.4 Å². The number of carbonyl (C=O) groups excluding carboxylic acids is 1. The molecular weight excluding hydrogens is 402 g/mol. The molecule has 1 N–H and O–H groups in total. The van der Waals surface area contributed by atoms with Crippen LogP contribution in [0, 0.1) is 13.8 Å². The van der Waals surface area contributed by atoms with E-state index in [9.17, 15) is 4.79 Å². The van der Waals surface area contributed by atoms with Crippen molar-refractivity contribution in [1.29, 1.82) is 0 Å². The maximum absolute atomic E-state index is 12.8. The second-order valence-electron chi connectivity index (χ2n) is 8.34. The van der Waals surface area contributed by atoms with Crippen molar-refractivity contribution < 1.29 is 13.9 Å². The SMILES string of the molecule is COc1ccc(N2CCN(C(CNC(=O)c3cc(C)cc(C)c3)c3ccco3)CC2)cc1. The van der Waals surface area contributed by atoms with E-state index in [4.69, 9.17) is 9.15 Å². The van der Waals surface area contributed by atoms with Crippen molar-refractivity contribution in [1.82, 2.24) is 10.2 Å². The Bertz CT molecular complexity index is 1000. The fraction of sp³-hybridized carbons (Fsp3) is 0.346. The molecule has 6 heteroatoms. The molecule has 2 aromatic carbocycles. The highest BCUT2D eigenvalue weighted by atomic mass is 16.5. The van der Waals surface area contributed by atoms with Gasteiger partial charge in [0.2, 0.25) is 0 Å². The first-order chi connectivity index (χ1) is 15.5.